The number of nitrogens with zero attached hydrogens (tertiary/aromatic N) is 3. The molecule has 9 heteroatoms. The average Bonchev–Trinajstić information content (AvgIpc) is 3.36. The van der Waals surface area contributed by atoms with Gasteiger partial charge in [0, 0.05) is 11.4 Å². The molecule has 30 heavy (non-hydrogen) atoms. The lowest BCUT2D eigenvalue weighted by molar-refractivity contribution is -0.118. The monoisotopic (exact) mass is 442 g/mol. The molecule has 0 bridgehead atoms. The van der Waals surface area contributed by atoms with Crippen LogP contribution in [0.1, 0.15) is 36.0 Å². The van der Waals surface area contributed by atoms with E-state index in [1.807, 2.05) is 12.1 Å². The Bertz CT molecular complexity index is 1160. The van der Waals surface area contributed by atoms with Crippen molar-refractivity contribution in [2.24, 2.45) is 5.92 Å². The van der Waals surface area contributed by atoms with E-state index in [-0.39, 0.29) is 30.2 Å². The predicted molar refractivity (Wildman–Crippen MR) is 117 cm³/mol. The number of fused-ring (bicyclic) bond motifs is 3. The summed E-state index contributed by atoms with van der Waals surface area (Å²) in [6.07, 6.45) is 4.81. The number of aromatic nitrogens is 2. The van der Waals surface area contributed by atoms with Crippen LogP contribution in [0.4, 0.5) is 0 Å². The van der Waals surface area contributed by atoms with Gasteiger partial charge in [0.2, 0.25) is 5.91 Å². The molecule has 3 aromatic rings. The van der Waals surface area contributed by atoms with Crippen LogP contribution in [0, 0.1) is 17.2 Å². The van der Waals surface area contributed by atoms with Crippen LogP contribution in [-0.4, -0.2) is 27.8 Å². The zero-order chi connectivity index (χ0) is 21.1. The summed E-state index contributed by atoms with van der Waals surface area (Å²) in [5, 5.41) is 12.5. The molecule has 156 valence electrons. The second-order valence-corrected chi connectivity index (χ2v) is 9.47. The number of hydrogen-bond acceptors (Lipinski definition) is 7. The molecule has 3 heterocycles. The van der Waals surface area contributed by atoms with Crippen molar-refractivity contribution in [3.05, 3.63) is 45.0 Å². The van der Waals surface area contributed by atoms with Crippen LogP contribution in [-0.2, 0) is 24.2 Å². The van der Waals surface area contributed by atoms with E-state index in [1.54, 1.807) is 28.2 Å². The zero-order valence-electron chi connectivity index (χ0n) is 16.6. The quantitative estimate of drug-likeness (QED) is 0.342. The Balaban J connectivity index is 1.69. The van der Waals surface area contributed by atoms with E-state index in [9.17, 15) is 9.59 Å². The van der Waals surface area contributed by atoms with Crippen LogP contribution in [0.2, 0.25) is 0 Å². The van der Waals surface area contributed by atoms with Crippen molar-refractivity contribution < 1.29 is 9.21 Å². The lowest BCUT2D eigenvalue weighted by Gasteiger charge is -2.17. The third-order valence-corrected chi connectivity index (χ3v) is 7.29. The highest BCUT2D eigenvalue weighted by Crippen LogP contribution is 2.36. The Morgan fingerprint density at radius 1 is 1.53 bits per heavy atom. The summed E-state index contributed by atoms with van der Waals surface area (Å²) in [6, 6.07) is 5.61. The van der Waals surface area contributed by atoms with Crippen LogP contribution < -0.4 is 10.9 Å². The first kappa shape index (κ1) is 20.7. The molecule has 0 radical (unpaired) electrons. The van der Waals surface area contributed by atoms with E-state index >= 15 is 0 Å². The summed E-state index contributed by atoms with van der Waals surface area (Å²) in [4.78, 5) is 32.4. The highest BCUT2D eigenvalue weighted by molar-refractivity contribution is 7.99. The number of amides is 1. The second kappa shape index (κ2) is 9.06. The number of furan rings is 1. The van der Waals surface area contributed by atoms with Gasteiger partial charge in [-0.2, -0.15) is 5.26 Å². The van der Waals surface area contributed by atoms with Gasteiger partial charge in [-0.25, -0.2) is 4.98 Å². The van der Waals surface area contributed by atoms with Gasteiger partial charge < -0.3 is 9.73 Å². The van der Waals surface area contributed by atoms with E-state index in [1.165, 1.54) is 16.6 Å². The lowest BCUT2D eigenvalue weighted by Crippen LogP contribution is -2.28. The molecule has 0 saturated heterocycles. The van der Waals surface area contributed by atoms with Crippen molar-refractivity contribution in [1.29, 1.82) is 5.26 Å². The number of aryl methyl sites for hydroxylation is 1. The van der Waals surface area contributed by atoms with Crippen LogP contribution in [0.25, 0.3) is 10.2 Å². The van der Waals surface area contributed by atoms with Gasteiger partial charge >= 0.3 is 0 Å². The number of thioether (sulfide) groups is 1. The topological polar surface area (TPSA) is 101 Å². The summed E-state index contributed by atoms with van der Waals surface area (Å²) >= 11 is 2.83. The highest BCUT2D eigenvalue weighted by atomic mass is 32.2. The second-order valence-electron chi connectivity index (χ2n) is 7.44. The maximum atomic E-state index is 13.5. The predicted octanol–water partition coefficient (Wildman–Crippen LogP) is 3.35. The Hall–Kier alpha value is -2.57. The van der Waals surface area contributed by atoms with Gasteiger partial charge in [0.05, 0.1) is 36.4 Å². The molecule has 1 unspecified atom stereocenters. The third-order valence-electron chi connectivity index (χ3n) is 5.17. The molecule has 0 aliphatic heterocycles. The average molecular weight is 443 g/mol. The minimum absolute atomic E-state index is 0.0733. The number of hydrogen-bond donors (Lipinski definition) is 1. The number of carbonyl (C=O) groups is 1. The van der Waals surface area contributed by atoms with Crippen molar-refractivity contribution in [2.45, 2.75) is 44.3 Å². The van der Waals surface area contributed by atoms with Gasteiger partial charge in [0.1, 0.15) is 10.6 Å². The first-order valence-electron chi connectivity index (χ1n) is 9.90. The largest absolute Gasteiger partial charge is 0.467 e. The van der Waals surface area contributed by atoms with Gasteiger partial charge in [0.15, 0.2) is 5.16 Å². The minimum Gasteiger partial charge on any atom is -0.467 e. The molecule has 1 amide bonds. The van der Waals surface area contributed by atoms with Crippen LogP contribution >= 0.6 is 23.1 Å². The van der Waals surface area contributed by atoms with Crippen molar-refractivity contribution in [1.82, 2.24) is 14.9 Å². The molecule has 3 aromatic heterocycles. The zero-order valence-corrected chi connectivity index (χ0v) is 18.3. The van der Waals surface area contributed by atoms with E-state index in [0.29, 0.717) is 23.4 Å². The number of nitriles is 1. The standard InChI is InChI=1S/C21H22N4O3S2/c1-13-5-6-15-16(10-13)30-19-18(15)20(27)25(11-14-4-2-9-28-14)21(24-19)29-12-17(26)23-8-3-7-22/h2,4,9,13H,3,5-6,8,10-12H2,1H3,(H,23,26). The maximum absolute atomic E-state index is 13.5. The summed E-state index contributed by atoms with van der Waals surface area (Å²) in [5.74, 6) is 1.22. The van der Waals surface area contributed by atoms with Gasteiger partial charge in [-0.3, -0.25) is 14.2 Å². The molecular formula is C21H22N4O3S2. The molecule has 1 aliphatic rings. The van der Waals surface area contributed by atoms with E-state index in [4.69, 9.17) is 14.7 Å². The van der Waals surface area contributed by atoms with Crippen molar-refractivity contribution in [3.63, 3.8) is 0 Å². The van der Waals surface area contributed by atoms with Gasteiger partial charge in [-0.05, 0) is 42.9 Å². The Morgan fingerprint density at radius 2 is 2.40 bits per heavy atom. The molecule has 0 fully saturated rings. The first-order valence-corrected chi connectivity index (χ1v) is 11.7. The number of carbonyl (C=O) groups excluding carboxylic acids is 1. The van der Waals surface area contributed by atoms with Crippen LogP contribution in [0.15, 0.2) is 32.8 Å². The van der Waals surface area contributed by atoms with Gasteiger partial charge in [-0.1, -0.05) is 18.7 Å². The van der Waals surface area contributed by atoms with Crippen molar-refractivity contribution in [3.8, 4) is 6.07 Å². The van der Waals surface area contributed by atoms with E-state index in [2.05, 4.69) is 12.2 Å². The fourth-order valence-electron chi connectivity index (χ4n) is 3.65. The van der Waals surface area contributed by atoms with Crippen LogP contribution in [0.5, 0.6) is 0 Å². The Kier molecular flexibility index (Phi) is 6.25. The summed E-state index contributed by atoms with van der Waals surface area (Å²) in [6.45, 7) is 2.83. The molecule has 0 saturated carbocycles. The third kappa shape index (κ3) is 4.30. The molecule has 1 N–H and O–H groups in total. The van der Waals surface area contributed by atoms with E-state index < -0.39 is 0 Å². The highest BCUT2D eigenvalue weighted by Gasteiger charge is 2.25. The molecule has 1 aliphatic carbocycles. The SMILES string of the molecule is CC1CCc2c(sc3nc(SCC(=O)NCCC#N)n(Cc4ccco4)c(=O)c23)C1. The normalized spacial score (nSPS) is 15.7. The van der Waals surface area contributed by atoms with Gasteiger partial charge in [-0.15, -0.1) is 11.3 Å². The van der Waals surface area contributed by atoms with Crippen LogP contribution in [0.3, 0.4) is 0 Å². The smallest absolute Gasteiger partial charge is 0.263 e. The molecule has 4 rings (SSSR count). The number of nitrogens with one attached hydrogen (secondary N) is 1. The lowest BCUT2D eigenvalue weighted by atomic mass is 9.89. The number of rotatable bonds is 7. The summed E-state index contributed by atoms with van der Waals surface area (Å²) in [7, 11) is 0. The summed E-state index contributed by atoms with van der Waals surface area (Å²) < 4.78 is 7.07. The fourth-order valence-corrected chi connectivity index (χ4v) is 5.90. The molecule has 1 atom stereocenters. The molecule has 0 aromatic carbocycles. The first-order chi connectivity index (χ1) is 14.6. The Labute approximate surface area is 182 Å². The van der Waals surface area contributed by atoms with Gasteiger partial charge in [0.25, 0.3) is 5.56 Å². The minimum atomic E-state index is -0.187. The molecule has 0 spiro atoms. The molecule has 7 nitrogen and oxygen atoms in total. The van der Waals surface area contributed by atoms with Crippen molar-refractivity contribution >= 4 is 39.2 Å². The maximum Gasteiger partial charge on any atom is 0.263 e. The molecular weight excluding hydrogens is 420 g/mol. The fraction of sp³-hybridized carbons (Fsp3) is 0.429. The van der Waals surface area contributed by atoms with E-state index in [0.717, 1.165) is 35.0 Å². The number of thiophene rings is 1. The summed E-state index contributed by atoms with van der Waals surface area (Å²) in [5.41, 5.74) is 1.07. The Morgan fingerprint density at radius 3 is 3.17 bits per heavy atom. The van der Waals surface area contributed by atoms with Crippen molar-refractivity contribution in [2.75, 3.05) is 12.3 Å².